The number of nitrogens with zero attached hydrogens (tertiary/aromatic N) is 2. The number of aliphatic carboxylic acids is 1. The molecule has 4 rings (SSSR count). The molecule has 2 aliphatic rings. The molecule has 200 valence electrons. The van der Waals surface area contributed by atoms with E-state index in [4.69, 9.17) is 24.5 Å². The monoisotopic (exact) mass is 504 g/mol. The summed E-state index contributed by atoms with van der Waals surface area (Å²) in [5.74, 6) is 0.865. The van der Waals surface area contributed by atoms with E-state index in [0.29, 0.717) is 17.4 Å². The zero-order valence-electron chi connectivity index (χ0n) is 22.1. The van der Waals surface area contributed by atoms with Crippen molar-refractivity contribution in [3.05, 3.63) is 48.3 Å². The summed E-state index contributed by atoms with van der Waals surface area (Å²) in [5.41, 5.74) is 1.89. The van der Waals surface area contributed by atoms with Gasteiger partial charge in [0.1, 0.15) is 23.4 Å². The second-order valence-corrected chi connectivity index (χ2v) is 9.49. The minimum Gasteiger partial charge on any atom is -0.497 e. The number of aliphatic hydroxyl groups excluding tert-OH is 1. The van der Waals surface area contributed by atoms with E-state index in [2.05, 4.69) is 41.0 Å². The largest absolute Gasteiger partial charge is 0.497 e. The number of hydrogen-bond donors (Lipinski definition) is 2. The number of aliphatic hydroxyl groups is 1. The molecule has 0 saturated carbocycles. The third-order valence-electron chi connectivity index (χ3n) is 5.92. The maximum Gasteiger partial charge on any atom is 0.300 e. The van der Waals surface area contributed by atoms with E-state index in [1.165, 1.54) is 24.6 Å². The standard InChI is InChI=1S/C23H29FN2O2.C3H8O.C2H4O2/c1-17-16-26(22-15-20(27-2)9-10-21(22)24)14-11-23(17)28-19-7-5-18(6-8-19)25-12-3-4-13-25;1-3(2)4;1-2(3)4/h5-10,15,17,23H,3-4,11-14,16H2,1-2H3;3-4H,1-2H3;1H3,(H,3,4). The fourth-order valence-corrected chi connectivity index (χ4v) is 4.27. The average molecular weight is 505 g/mol. The lowest BCUT2D eigenvalue weighted by Crippen LogP contribution is -2.44. The molecule has 2 saturated heterocycles. The molecule has 0 radical (unpaired) electrons. The van der Waals surface area contributed by atoms with Crippen LogP contribution < -0.4 is 19.3 Å². The minimum absolute atomic E-state index is 0.141. The van der Waals surface area contributed by atoms with E-state index in [-0.39, 0.29) is 18.0 Å². The Morgan fingerprint density at radius 1 is 1.03 bits per heavy atom. The molecule has 2 aromatic rings. The number of anilines is 2. The smallest absolute Gasteiger partial charge is 0.300 e. The lowest BCUT2D eigenvalue weighted by molar-refractivity contribution is -0.134. The fourth-order valence-electron chi connectivity index (χ4n) is 4.27. The normalized spacial score (nSPS) is 19.1. The molecule has 0 amide bonds. The van der Waals surface area contributed by atoms with Gasteiger partial charge in [-0.1, -0.05) is 6.92 Å². The first kappa shape index (κ1) is 29.2. The van der Waals surface area contributed by atoms with E-state index in [0.717, 1.165) is 45.3 Å². The summed E-state index contributed by atoms with van der Waals surface area (Å²) in [6, 6.07) is 13.4. The van der Waals surface area contributed by atoms with Gasteiger partial charge in [-0.3, -0.25) is 4.79 Å². The molecule has 2 aliphatic heterocycles. The first-order valence-electron chi connectivity index (χ1n) is 12.6. The number of carboxylic acids is 1. The van der Waals surface area contributed by atoms with Crippen molar-refractivity contribution in [2.24, 2.45) is 5.92 Å². The predicted molar refractivity (Wildman–Crippen MR) is 142 cm³/mol. The van der Waals surface area contributed by atoms with Crippen molar-refractivity contribution in [1.82, 2.24) is 0 Å². The van der Waals surface area contributed by atoms with Gasteiger partial charge < -0.3 is 29.5 Å². The molecule has 2 N–H and O–H groups in total. The molecular formula is C28H41FN2O5. The quantitative estimate of drug-likeness (QED) is 0.579. The number of rotatable bonds is 5. The van der Waals surface area contributed by atoms with Crippen LogP contribution in [0.4, 0.5) is 15.8 Å². The summed E-state index contributed by atoms with van der Waals surface area (Å²) in [7, 11) is 1.61. The van der Waals surface area contributed by atoms with Crippen molar-refractivity contribution in [1.29, 1.82) is 0 Å². The first-order valence-corrected chi connectivity index (χ1v) is 12.6. The van der Waals surface area contributed by atoms with Gasteiger partial charge in [-0.2, -0.15) is 0 Å². The van der Waals surface area contributed by atoms with Crippen molar-refractivity contribution in [3.8, 4) is 11.5 Å². The first-order chi connectivity index (χ1) is 17.1. The molecule has 2 aromatic carbocycles. The Balaban J connectivity index is 0.000000501. The molecule has 2 heterocycles. The number of hydrogen-bond acceptors (Lipinski definition) is 6. The van der Waals surface area contributed by atoms with Gasteiger partial charge in [-0.25, -0.2) is 4.39 Å². The van der Waals surface area contributed by atoms with E-state index in [1.54, 1.807) is 33.1 Å². The Hall–Kier alpha value is -3.00. The van der Waals surface area contributed by atoms with Gasteiger partial charge in [0.2, 0.25) is 0 Å². The zero-order valence-corrected chi connectivity index (χ0v) is 22.1. The number of ether oxygens (including phenoxy) is 2. The Kier molecular flexibility index (Phi) is 11.8. The highest BCUT2D eigenvalue weighted by Gasteiger charge is 2.29. The van der Waals surface area contributed by atoms with Crippen LogP contribution >= 0.6 is 0 Å². The van der Waals surface area contributed by atoms with Crippen LogP contribution in [0.25, 0.3) is 0 Å². The topological polar surface area (TPSA) is 82.5 Å². The van der Waals surface area contributed by atoms with Crippen LogP contribution in [0.1, 0.15) is 47.0 Å². The van der Waals surface area contributed by atoms with Crippen LogP contribution in [0, 0.1) is 11.7 Å². The minimum atomic E-state index is -0.833. The molecule has 2 atom stereocenters. The zero-order chi connectivity index (χ0) is 26.7. The van der Waals surface area contributed by atoms with Gasteiger partial charge in [-0.05, 0) is 63.1 Å². The van der Waals surface area contributed by atoms with E-state index >= 15 is 0 Å². The molecule has 0 bridgehead atoms. The summed E-state index contributed by atoms with van der Waals surface area (Å²) in [6.07, 6.45) is 3.40. The fraction of sp³-hybridized carbons (Fsp3) is 0.536. The lowest BCUT2D eigenvalue weighted by Gasteiger charge is -2.38. The Bertz CT molecular complexity index is 925. The van der Waals surface area contributed by atoms with Crippen LogP contribution in [0.5, 0.6) is 11.5 Å². The Morgan fingerprint density at radius 3 is 2.11 bits per heavy atom. The molecule has 0 spiro atoms. The number of carbonyl (C=O) groups is 1. The number of carboxylic acid groups (broad SMARTS) is 1. The van der Waals surface area contributed by atoms with Crippen molar-refractivity contribution >= 4 is 17.3 Å². The summed E-state index contributed by atoms with van der Waals surface area (Å²) < 4.78 is 25.8. The average Bonchev–Trinajstić information content (AvgIpc) is 3.36. The van der Waals surface area contributed by atoms with Gasteiger partial charge in [0, 0.05) is 63.3 Å². The van der Waals surface area contributed by atoms with Crippen LogP contribution in [-0.2, 0) is 4.79 Å². The second-order valence-electron chi connectivity index (χ2n) is 9.49. The van der Waals surface area contributed by atoms with E-state index in [1.807, 2.05) is 0 Å². The highest BCUT2D eigenvalue weighted by atomic mass is 19.1. The summed E-state index contributed by atoms with van der Waals surface area (Å²) >= 11 is 0. The summed E-state index contributed by atoms with van der Waals surface area (Å²) in [5, 5.41) is 15.5. The summed E-state index contributed by atoms with van der Waals surface area (Å²) in [6.45, 7) is 10.5. The van der Waals surface area contributed by atoms with E-state index in [9.17, 15) is 4.39 Å². The molecule has 0 aliphatic carbocycles. The number of methoxy groups -OCH3 is 1. The number of benzene rings is 2. The van der Waals surface area contributed by atoms with Gasteiger partial charge in [0.25, 0.3) is 5.97 Å². The Labute approximate surface area is 214 Å². The predicted octanol–water partition coefficient (Wildman–Crippen LogP) is 5.21. The third-order valence-corrected chi connectivity index (χ3v) is 5.92. The van der Waals surface area contributed by atoms with E-state index < -0.39 is 5.97 Å². The summed E-state index contributed by atoms with van der Waals surface area (Å²) in [4.78, 5) is 13.5. The number of halogens is 1. The number of piperidine rings is 1. The van der Waals surface area contributed by atoms with Gasteiger partial charge >= 0.3 is 0 Å². The highest BCUT2D eigenvalue weighted by molar-refractivity contribution is 5.63. The van der Waals surface area contributed by atoms with Gasteiger partial charge in [0.15, 0.2) is 0 Å². The van der Waals surface area contributed by atoms with Crippen molar-refractivity contribution < 1.29 is 28.9 Å². The molecular weight excluding hydrogens is 463 g/mol. The third kappa shape index (κ3) is 9.57. The van der Waals surface area contributed by atoms with Crippen LogP contribution in [-0.4, -0.2) is 61.7 Å². The van der Waals surface area contributed by atoms with Crippen molar-refractivity contribution in [2.45, 2.75) is 59.2 Å². The molecule has 8 heteroatoms. The van der Waals surface area contributed by atoms with Gasteiger partial charge in [-0.15, -0.1) is 0 Å². The molecule has 36 heavy (non-hydrogen) atoms. The van der Waals surface area contributed by atoms with Crippen molar-refractivity contribution in [2.75, 3.05) is 43.1 Å². The molecule has 2 fully saturated rings. The molecule has 2 unspecified atom stereocenters. The maximum absolute atomic E-state index is 14.3. The lowest BCUT2D eigenvalue weighted by atomic mass is 9.95. The van der Waals surface area contributed by atoms with Gasteiger partial charge in [0.05, 0.1) is 12.8 Å². The highest BCUT2D eigenvalue weighted by Crippen LogP contribution is 2.31. The SMILES string of the molecule is CC(=O)O.CC(C)O.COc1ccc(F)c(N2CCC(Oc3ccc(N4CCCC4)cc3)C(C)C2)c1. The Morgan fingerprint density at radius 2 is 1.58 bits per heavy atom. The maximum atomic E-state index is 14.3. The van der Waals surface area contributed by atoms with Crippen LogP contribution in [0.15, 0.2) is 42.5 Å². The van der Waals surface area contributed by atoms with Crippen LogP contribution in [0.3, 0.4) is 0 Å². The molecule has 7 nitrogen and oxygen atoms in total. The van der Waals surface area contributed by atoms with Crippen LogP contribution in [0.2, 0.25) is 0 Å². The molecule has 0 aromatic heterocycles. The second kappa shape index (κ2) is 14.5. The van der Waals surface area contributed by atoms with Crippen molar-refractivity contribution in [3.63, 3.8) is 0 Å².